The molecule has 5 nitrogen and oxygen atoms in total. The Morgan fingerprint density at radius 1 is 0.607 bits per heavy atom. The number of aromatic nitrogens is 2. The van der Waals surface area contributed by atoms with E-state index in [0.717, 1.165) is 61.2 Å². The van der Waals surface area contributed by atoms with Crippen molar-refractivity contribution in [1.82, 2.24) is 9.55 Å². The van der Waals surface area contributed by atoms with Crippen molar-refractivity contribution in [3.05, 3.63) is 175 Å². The molecule has 0 fully saturated rings. The maximum Gasteiger partial charge on any atom is 0.135 e. The molecule has 0 radical (unpaired) electrons. The van der Waals surface area contributed by atoms with Gasteiger partial charge in [0.05, 0.1) is 0 Å². The largest absolute Gasteiger partial charge is 0.509 e. The maximum atomic E-state index is 14.8. The average Bonchev–Trinajstić information content (AvgIpc) is 3.76. The van der Waals surface area contributed by atoms with Crippen LogP contribution in [0.25, 0.3) is 38.8 Å². The Kier molecular flexibility index (Phi) is 10.8. The zero-order chi connectivity index (χ0) is 42.1. The third-order valence-corrected chi connectivity index (χ3v) is 11.4. The number of hydrogen-bond donors (Lipinski definition) is 0. The number of hydrogen-bond acceptors (Lipinski definition) is 4. The predicted octanol–water partition coefficient (Wildman–Crippen LogP) is 14.7. The van der Waals surface area contributed by atoms with Gasteiger partial charge in [-0.25, -0.2) is 9.37 Å². The molecule has 7 heteroatoms. The molecule has 0 atom stereocenters. The van der Waals surface area contributed by atoms with Crippen LogP contribution in [0.4, 0.5) is 27.1 Å². The topological polar surface area (TPSA) is 33.5 Å². The van der Waals surface area contributed by atoms with Crippen LogP contribution in [0.15, 0.2) is 134 Å². The fourth-order valence-corrected chi connectivity index (χ4v) is 8.02. The summed E-state index contributed by atoms with van der Waals surface area (Å²) < 4.78 is 23.4. The number of para-hydroxylation sites is 1. The molecule has 8 aromatic rings. The zero-order valence-corrected chi connectivity index (χ0v) is 38.4. The van der Waals surface area contributed by atoms with Gasteiger partial charge in [0.25, 0.3) is 0 Å². The molecule has 0 saturated carbocycles. The summed E-state index contributed by atoms with van der Waals surface area (Å²) in [5.41, 5.74) is 11.3. The zero-order valence-electron chi connectivity index (χ0n) is 36.2. The summed E-state index contributed by atoms with van der Waals surface area (Å²) in [6.07, 6.45) is 1.82. The Bertz CT molecular complexity index is 2880. The van der Waals surface area contributed by atoms with E-state index in [2.05, 4.69) is 170 Å². The Balaban J connectivity index is 0.00000514. The third-order valence-electron chi connectivity index (χ3n) is 11.4. The average molecular weight is 985 g/mol. The van der Waals surface area contributed by atoms with E-state index >= 15 is 0 Å². The second-order valence-corrected chi connectivity index (χ2v) is 18.9. The summed E-state index contributed by atoms with van der Waals surface area (Å²) in [4.78, 5) is 9.29. The Morgan fingerprint density at radius 3 is 1.98 bits per heavy atom. The first-order chi connectivity index (χ1) is 28.5. The van der Waals surface area contributed by atoms with Crippen molar-refractivity contribution < 1.29 is 30.2 Å². The van der Waals surface area contributed by atoms with E-state index in [4.69, 9.17) is 9.72 Å². The van der Waals surface area contributed by atoms with Crippen LogP contribution in [0.3, 0.4) is 0 Å². The molecule has 0 bridgehead atoms. The van der Waals surface area contributed by atoms with E-state index in [9.17, 15) is 4.39 Å². The molecule has 61 heavy (non-hydrogen) atoms. The molecule has 0 spiro atoms. The van der Waals surface area contributed by atoms with Crippen molar-refractivity contribution in [1.29, 1.82) is 0 Å². The van der Waals surface area contributed by atoms with Crippen LogP contribution in [0.1, 0.15) is 79.0 Å². The van der Waals surface area contributed by atoms with Crippen LogP contribution in [-0.2, 0) is 37.3 Å². The van der Waals surface area contributed by atoms with Crippen LogP contribution < -0.4 is 14.5 Å². The SMILES string of the molecule is CC(C)(C)c1cc(N2[CH-]N(c3[c-]c(Oc4[c-]c5c(cc4)c4ccc(F)cc4n5-c4cc(C(C)(C)C)ccn4)ccc3)c3cccc(-c4ccccc4)c32)cc(C(C)(C)C)c1.[Pt]. The summed E-state index contributed by atoms with van der Waals surface area (Å²) >= 11 is 0. The van der Waals surface area contributed by atoms with E-state index in [1.807, 2.05) is 47.2 Å². The van der Waals surface area contributed by atoms with Crippen LogP contribution >= 0.6 is 0 Å². The normalized spacial score (nSPS) is 13.1. The predicted molar refractivity (Wildman–Crippen MR) is 246 cm³/mol. The summed E-state index contributed by atoms with van der Waals surface area (Å²) in [5, 5.41) is 1.84. The van der Waals surface area contributed by atoms with Crippen molar-refractivity contribution in [2.45, 2.75) is 78.6 Å². The molecular weight excluding hydrogens is 935 g/mol. The van der Waals surface area contributed by atoms with Gasteiger partial charge in [-0.15, -0.1) is 48.1 Å². The third kappa shape index (κ3) is 7.99. The molecule has 0 unspecified atom stereocenters. The second-order valence-electron chi connectivity index (χ2n) is 18.9. The Labute approximate surface area is 374 Å². The van der Waals surface area contributed by atoms with Gasteiger partial charge in [0, 0.05) is 66.9 Å². The van der Waals surface area contributed by atoms with Crippen molar-refractivity contribution in [2.24, 2.45) is 0 Å². The summed E-state index contributed by atoms with van der Waals surface area (Å²) in [7, 11) is 0. The first-order valence-electron chi connectivity index (χ1n) is 20.6. The minimum Gasteiger partial charge on any atom is -0.509 e. The van der Waals surface area contributed by atoms with Crippen molar-refractivity contribution in [3.8, 4) is 28.4 Å². The summed E-state index contributed by atoms with van der Waals surface area (Å²) in [5.74, 6) is 1.44. The van der Waals surface area contributed by atoms with E-state index in [-0.39, 0.29) is 43.1 Å². The molecular formula is C54H50FN4OPt-3. The van der Waals surface area contributed by atoms with E-state index < -0.39 is 0 Å². The van der Waals surface area contributed by atoms with Gasteiger partial charge in [-0.3, -0.25) is 0 Å². The standard InChI is InChI=1S/C54H50FN4O.Pt/c1-52(2,3)36-25-26-56-50(30-36)59-48-31-39(55)21-23-45(48)46-24-22-43(33-49(46)59)60-42-18-13-17-40(32-42)57-34-58(41-28-37(53(4,5)6)27-38(29-41)54(7,8)9)51-44(19-14-20-47(51)57)35-15-11-10-12-16-35;/h10-31,34H,1-9H3;/q-3;. The number of fused-ring (bicyclic) bond motifs is 4. The molecule has 0 saturated heterocycles. The van der Waals surface area contributed by atoms with Crippen molar-refractivity contribution in [2.75, 3.05) is 9.80 Å². The Hall–Kier alpha value is -5.71. The second kappa shape index (κ2) is 15.6. The van der Waals surface area contributed by atoms with E-state index in [0.29, 0.717) is 17.3 Å². The van der Waals surface area contributed by atoms with Gasteiger partial charge in [0.15, 0.2) is 0 Å². The smallest absolute Gasteiger partial charge is 0.135 e. The molecule has 6 aromatic carbocycles. The maximum absolute atomic E-state index is 14.8. The molecule has 1 aliphatic heterocycles. The molecule has 2 aromatic heterocycles. The molecule has 0 N–H and O–H groups in total. The van der Waals surface area contributed by atoms with Crippen LogP contribution in [0, 0.1) is 24.6 Å². The number of halogens is 1. The number of nitrogens with zero attached hydrogens (tertiary/aromatic N) is 4. The minimum absolute atomic E-state index is 0. The van der Waals surface area contributed by atoms with Gasteiger partial charge in [0.1, 0.15) is 11.6 Å². The molecule has 9 rings (SSSR count). The molecule has 3 heterocycles. The summed E-state index contributed by atoms with van der Waals surface area (Å²) in [6, 6.07) is 50.1. The van der Waals surface area contributed by atoms with Crippen LogP contribution in [0.2, 0.25) is 0 Å². The van der Waals surface area contributed by atoms with Gasteiger partial charge < -0.3 is 19.1 Å². The van der Waals surface area contributed by atoms with Gasteiger partial charge in [-0.1, -0.05) is 122 Å². The number of benzene rings is 6. The first kappa shape index (κ1) is 42.0. The van der Waals surface area contributed by atoms with Crippen molar-refractivity contribution >= 4 is 44.6 Å². The molecule has 312 valence electrons. The van der Waals surface area contributed by atoms with E-state index in [1.165, 1.54) is 17.2 Å². The molecule has 1 aliphatic rings. The number of pyridine rings is 1. The first-order valence-corrected chi connectivity index (χ1v) is 20.6. The van der Waals surface area contributed by atoms with Gasteiger partial charge in [-0.2, -0.15) is 12.1 Å². The number of anilines is 4. The fraction of sp³-hybridized carbons (Fsp3) is 0.222. The molecule has 0 amide bonds. The fourth-order valence-electron chi connectivity index (χ4n) is 8.02. The van der Waals surface area contributed by atoms with Crippen LogP contribution in [0.5, 0.6) is 11.5 Å². The summed E-state index contributed by atoms with van der Waals surface area (Å²) in [6.45, 7) is 22.4. The Morgan fingerprint density at radius 2 is 1.28 bits per heavy atom. The monoisotopic (exact) mass is 984 g/mol. The van der Waals surface area contributed by atoms with Gasteiger partial charge in [0.2, 0.25) is 0 Å². The van der Waals surface area contributed by atoms with Gasteiger partial charge in [-0.05, 0) is 86.3 Å². The number of ether oxygens (including phenoxy) is 1. The minimum atomic E-state index is -0.312. The quantitative estimate of drug-likeness (QED) is 0.156. The number of rotatable bonds is 6. The van der Waals surface area contributed by atoms with Gasteiger partial charge >= 0.3 is 0 Å². The van der Waals surface area contributed by atoms with E-state index in [1.54, 1.807) is 6.07 Å². The molecule has 0 aliphatic carbocycles. The van der Waals surface area contributed by atoms with Crippen LogP contribution in [-0.4, -0.2) is 9.55 Å². The van der Waals surface area contributed by atoms with Crippen molar-refractivity contribution in [3.63, 3.8) is 0 Å².